The lowest BCUT2D eigenvalue weighted by Gasteiger charge is -2.52. The Bertz CT molecular complexity index is 659. The van der Waals surface area contributed by atoms with Gasteiger partial charge in [0, 0.05) is 25.0 Å². The smallest absolute Gasteiger partial charge is 0.169 e. The van der Waals surface area contributed by atoms with E-state index in [1.54, 1.807) is 7.11 Å². The molecule has 4 aliphatic rings. The molecule has 1 heterocycles. The Morgan fingerprint density at radius 2 is 2.04 bits per heavy atom. The molecule has 0 spiro atoms. The Labute approximate surface area is 162 Å². The van der Waals surface area contributed by atoms with E-state index in [4.69, 9.17) is 9.47 Å². The van der Waals surface area contributed by atoms with Crippen molar-refractivity contribution in [2.75, 3.05) is 13.7 Å². The highest BCUT2D eigenvalue weighted by Gasteiger charge is 2.67. The van der Waals surface area contributed by atoms with Crippen molar-refractivity contribution in [2.45, 2.75) is 77.8 Å². The summed E-state index contributed by atoms with van der Waals surface area (Å²) in [6, 6.07) is 0. The summed E-state index contributed by atoms with van der Waals surface area (Å²) >= 11 is 0. The number of aldehydes is 1. The fourth-order valence-corrected chi connectivity index (χ4v) is 6.91. The van der Waals surface area contributed by atoms with E-state index in [1.807, 2.05) is 0 Å². The number of methoxy groups -OCH3 is 1. The van der Waals surface area contributed by atoms with Crippen molar-refractivity contribution in [1.29, 1.82) is 0 Å². The van der Waals surface area contributed by atoms with E-state index >= 15 is 0 Å². The largest absolute Gasteiger partial charge is 0.396 e. The minimum atomic E-state index is -1.09. The van der Waals surface area contributed by atoms with Crippen LogP contribution in [0.1, 0.15) is 59.3 Å². The topological polar surface area (TPSA) is 76.0 Å². The lowest BCUT2D eigenvalue weighted by atomic mass is 9.54. The molecule has 152 valence electrons. The molecule has 3 aliphatic carbocycles. The lowest BCUT2D eigenvalue weighted by Crippen LogP contribution is -2.50. The third-order valence-corrected chi connectivity index (χ3v) is 8.70. The average Bonchev–Trinajstić information content (AvgIpc) is 3.12. The third kappa shape index (κ3) is 2.41. The second kappa shape index (κ2) is 6.38. The molecule has 4 rings (SSSR count). The van der Waals surface area contributed by atoms with E-state index in [9.17, 15) is 15.0 Å². The van der Waals surface area contributed by atoms with E-state index in [1.165, 1.54) is 11.1 Å². The van der Waals surface area contributed by atoms with Crippen molar-refractivity contribution in [3.8, 4) is 0 Å². The maximum atomic E-state index is 12.1. The number of hydrogen-bond donors (Lipinski definition) is 2. The molecule has 0 aromatic heterocycles. The van der Waals surface area contributed by atoms with Crippen LogP contribution in [-0.2, 0) is 14.3 Å². The first-order chi connectivity index (χ1) is 12.8. The van der Waals surface area contributed by atoms with Crippen LogP contribution in [0, 0.1) is 28.1 Å². The first-order valence-corrected chi connectivity index (χ1v) is 10.4. The monoisotopic (exact) mass is 378 g/mol. The van der Waals surface area contributed by atoms with Crippen molar-refractivity contribution in [3.05, 3.63) is 11.1 Å². The van der Waals surface area contributed by atoms with Gasteiger partial charge in [-0.05, 0) is 49.9 Å². The van der Waals surface area contributed by atoms with E-state index in [0.717, 1.165) is 38.4 Å². The van der Waals surface area contributed by atoms with Crippen LogP contribution in [0.25, 0.3) is 0 Å². The van der Waals surface area contributed by atoms with Crippen molar-refractivity contribution in [2.24, 2.45) is 28.1 Å². The Morgan fingerprint density at radius 3 is 2.67 bits per heavy atom. The van der Waals surface area contributed by atoms with Gasteiger partial charge in [-0.1, -0.05) is 31.9 Å². The normalized spacial score (nSPS) is 50.1. The summed E-state index contributed by atoms with van der Waals surface area (Å²) in [5, 5.41) is 20.4. The second-order valence-electron chi connectivity index (χ2n) is 9.98. The molecule has 5 heteroatoms. The molecule has 0 radical (unpaired) electrons. The zero-order valence-electron chi connectivity index (χ0n) is 17.0. The van der Waals surface area contributed by atoms with E-state index in [0.29, 0.717) is 12.3 Å². The van der Waals surface area contributed by atoms with E-state index in [-0.39, 0.29) is 29.5 Å². The molecule has 5 nitrogen and oxygen atoms in total. The number of aliphatic hydroxyl groups is 2. The minimum Gasteiger partial charge on any atom is -0.396 e. The molecule has 2 bridgehead atoms. The van der Waals surface area contributed by atoms with E-state index in [2.05, 4.69) is 20.8 Å². The molecular weight excluding hydrogens is 344 g/mol. The van der Waals surface area contributed by atoms with Crippen LogP contribution >= 0.6 is 0 Å². The predicted molar refractivity (Wildman–Crippen MR) is 101 cm³/mol. The molecule has 2 N–H and O–H groups in total. The molecule has 3 fully saturated rings. The van der Waals surface area contributed by atoms with Crippen LogP contribution in [0.5, 0.6) is 0 Å². The highest BCUT2D eigenvalue weighted by molar-refractivity contribution is 5.63. The van der Waals surface area contributed by atoms with Gasteiger partial charge in [-0.25, -0.2) is 0 Å². The number of fused-ring (bicyclic) bond motifs is 6. The molecule has 1 aliphatic heterocycles. The zero-order valence-corrected chi connectivity index (χ0v) is 17.0. The standard InChI is InChI=1S/C22H34O5/c1-13(11-23)14-5-7-20(2)9-10-21(3)15(16(14)20)6-8-22(12-24)18(26-4)17(21)27-19(22)25/h12-13,15,17-19,23,25H,5-11H2,1-4H3/t13-,15-,17+,18-,19?,20-,21-,22-/m1/s1. The summed E-state index contributed by atoms with van der Waals surface area (Å²) in [7, 11) is 1.63. The van der Waals surface area contributed by atoms with Crippen LogP contribution < -0.4 is 0 Å². The predicted octanol–water partition coefficient (Wildman–Crippen LogP) is 2.84. The SMILES string of the molecule is CO[C@@H]1[C@@H]2OC(O)[C@@]1(C=O)CC[C@@H]1C3=C([C@H](C)CO)CC[C@]3(C)CC[C@]12C. The van der Waals surface area contributed by atoms with Crippen LogP contribution in [0.2, 0.25) is 0 Å². The first kappa shape index (κ1) is 19.6. The Hall–Kier alpha value is -0.750. The van der Waals surface area contributed by atoms with Gasteiger partial charge in [-0.2, -0.15) is 0 Å². The van der Waals surface area contributed by atoms with E-state index < -0.39 is 17.8 Å². The number of ether oxygens (including phenoxy) is 2. The highest BCUT2D eigenvalue weighted by atomic mass is 16.6. The zero-order chi connectivity index (χ0) is 19.6. The van der Waals surface area contributed by atoms with Crippen LogP contribution in [-0.4, -0.2) is 48.7 Å². The van der Waals surface area contributed by atoms with Crippen LogP contribution in [0.3, 0.4) is 0 Å². The van der Waals surface area contributed by atoms with Gasteiger partial charge >= 0.3 is 0 Å². The Balaban J connectivity index is 1.84. The molecule has 27 heavy (non-hydrogen) atoms. The third-order valence-electron chi connectivity index (χ3n) is 8.70. The van der Waals surface area contributed by atoms with Gasteiger partial charge in [-0.15, -0.1) is 0 Å². The molecule has 0 amide bonds. The molecule has 0 aromatic rings. The summed E-state index contributed by atoms with van der Waals surface area (Å²) in [6.45, 7) is 6.94. The fraction of sp³-hybridized carbons (Fsp3) is 0.864. The van der Waals surface area contributed by atoms with Crippen molar-refractivity contribution < 1.29 is 24.5 Å². The molecule has 1 saturated heterocycles. The van der Waals surface area contributed by atoms with Gasteiger partial charge in [-0.3, -0.25) is 0 Å². The van der Waals surface area contributed by atoms with Crippen LogP contribution in [0.15, 0.2) is 11.1 Å². The van der Waals surface area contributed by atoms with Gasteiger partial charge in [0.2, 0.25) is 0 Å². The van der Waals surface area contributed by atoms with Crippen molar-refractivity contribution >= 4 is 6.29 Å². The number of carbonyl (C=O) groups is 1. The van der Waals surface area contributed by atoms with Crippen LogP contribution in [0.4, 0.5) is 0 Å². The first-order valence-electron chi connectivity index (χ1n) is 10.4. The Kier molecular flexibility index (Phi) is 4.62. The number of carbonyl (C=O) groups excluding carboxylic acids is 1. The molecule has 1 unspecified atom stereocenters. The number of aliphatic hydroxyl groups excluding tert-OH is 2. The summed E-state index contributed by atoms with van der Waals surface area (Å²) in [5.41, 5.74) is 1.96. The molecular formula is C22H34O5. The number of rotatable bonds is 4. The maximum absolute atomic E-state index is 12.1. The summed E-state index contributed by atoms with van der Waals surface area (Å²) in [5.74, 6) is 0.481. The van der Waals surface area contributed by atoms with Gasteiger partial charge < -0.3 is 24.5 Å². The molecule has 2 saturated carbocycles. The summed E-state index contributed by atoms with van der Waals surface area (Å²) in [4.78, 5) is 12.1. The summed E-state index contributed by atoms with van der Waals surface area (Å²) < 4.78 is 11.9. The number of hydrogen-bond acceptors (Lipinski definition) is 5. The summed E-state index contributed by atoms with van der Waals surface area (Å²) in [6.07, 6.45) is 4.81. The molecule has 8 atom stereocenters. The fourth-order valence-electron chi connectivity index (χ4n) is 6.91. The number of allylic oxidation sites excluding steroid dienone is 1. The maximum Gasteiger partial charge on any atom is 0.169 e. The molecule has 0 aromatic carbocycles. The van der Waals surface area contributed by atoms with Gasteiger partial charge in [0.05, 0.1) is 6.10 Å². The van der Waals surface area contributed by atoms with Gasteiger partial charge in [0.15, 0.2) is 6.29 Å². The quantitative estimate of drug-likeness (QED) is 0.581. The average molecular weight is 379 g/mol. The van der Waals surface area contributed by atoms with Crippen molar-refractivity contribution in [3.63, 3.8) is 0 Å². The van der Waals surface area contributed by atoms with Gasteiger partial charge in [0.1, 0.15) is 17.8 Å². The second-order valence-corrected chi connectivity index (χ2v) is 9.98. The van der Waals surface area contributed by atoms with Crippen molar-refractivity contribution in [1.82, 2.24) is 0 Å². The lowest BCUT2D eigenvalue weighted by molar-refractivity contribution is -0.179. The minimum absolute atomic E-state index is 0.175. The van der Waals surface area contributed by atoms with Gasteiger partial charge in [0.25, 0.3) is 0 Å². The Morgan fingerprint density at radius 1 is 1.30 bits per heavy atom. The highest BCUT2D eigenvalue weighted by Crippen LogP contribution is 2.66.